The van der Waals surface area contributed by atoms with Crippen LogP contribution in [0.5, 0.6) is 0 Å². The van der Waals surface area contributed by atoms with Crippen LogP contribution in [-0.2, 0) is 20.7 Å². The average Bonchev–Trinajstić information content (AvgIpc) is 3.20. The maximum Gasteiger partial charge on any atom is 0.256 e. The zero-order valence-corrected chi connectivity index (χ0v) is 17.8. The predicted molar refractivity (Wildman–Crippen MR) is 117 cm³/mol. The van der Waals surface area contributed by atoms with E-state index in [1.165, 1.54) is 12.1 Å². The summed E-state index contributed by atoms with van der Waals surface area (Å²) in [4.78, 5) is 41.6. The highest BCUT2D eigenvalue weighted by atomic mass is 19.1. The summed E-state index contributed by atoms with van der Waals surface area (Å²) in [5.74, 6) is -1.28. The quantitative estimate of drug-likeness (QED) is 0.749. The van der Waals surface area contributed by atoms with Gasteiger partial charge in [0.2, 0.25) is 11.8 Å². The highest BCUT2D eigenvalue weighted by Crippen LogP contribution is 2.23. The summed E-state index contributed by atoms with van der Waals surface area (Å²) in [6, 6.07) is 13.1. The monoisotopic (exact) mass is 439 g/mol. The number of carbonyl (C=O) groups excluding carboxylic acids is 3. The molecule has 2 fully saturated rings. The third-order valence-electron chi connectivity index (χ3n) is 5.88. The van der Waals surface area contributed by atoms with Crippen LogP contribution in [0.2, 0.25) is 0 Å². The smallest absolute Gasteiger partial charge is 0.256 e. The number of ether oxygens (including phenoxy) is 1. The zero-order valence-electron chi connectivity index (χ0n) is 17.8. The van der Waals surface area contributed by atoms with E-state index in [1.807, 2.05) is 0 Å². The number of carbonyl (C=O) groups is 3. The molecule has 168 valence electrons. The molecule has 2 saturated heterocycles. The Morgan fingerprint density at radius 1 is 1.06 bits per heavy atom. The van der Waals surface area contributed by atoms with E-state index in [9.17, 15) is 18.8 Å². The topological polar surface area (TPSA) is 79.0 Å². The molecule has 2 aliphatic rings. The zero-order chi connectivity index (χ0) is 22.5. The molecule has 4 rings (SSSR count). The molecule has 0 aromatic heterocycles. The number of benzene rings is 2. The number of morpholine rings is 1. The van der Waals surface area contributed by atoms with Crippen molar-refractivity contribution in [1.82, 2.24) is 9.80 Å². The molecule has 1 N–H and O–H groups in total. The number of amides is 3. The van der Waals surface area contributed by atoms with E-state index < -0.39 is 5.92 Å². The average molecular weight is 439 g/mol. The van der Waals surface area contributed by atoms with E-state index in [1.54, 1.807) is 46.2 Å². The fourth-order valence-electron chi connectivity index (χ4n) is 4.03. The van der Waals surface area contributed by atoms with Crippen LogP contribution in [0.3, 0.4) is 0 Å². The number of para-hydroxylation sites is 1. The highest BCUT2D eigenvalue weighted by Gasteiger charge is 2.34. The van der Waals surface area contributed by atoms with Crippen LogP contribution in [0.1, 0.15) is 22.3 Å². The molecule has 8 heteroatoms. The first-order valence-corrected chi connectivity index (χ1v) is 10.8. The second-order valence-corrected chi connectivity index (χ2v) is 8.06. The van der Waals surface area contributed by atoms with Crippen LogP contribution in [0, 0.1) is 11.7 Å². The fourth-order valence-corrected chi connectivity index (χ4v) is 4.03. The van der Waals surface area contributed by atoms with Crippen LogP contribution in [-0.4, -0.2) is 66.9 Å². The Morgan fingerprint density at radius 2 is 1.78 bits per heavy atom. The summed E-state index contributed by atoms with van der Waals surface area (Å²) in [6.07, 6.45) is 0.728. The fraction of sp³-hybridized carbons (Fsp3) is 0.375. The molecule has 7 nitrogen and oxygen atoms in total. The predicted octanol–water partition coefficient (Wildman–Crippen LogP) is 2.33. The minimum atomic E-state index is -0.484. The van der Waals surface area contributed by atoms with Crippen LogP contribution in [0.25, 0.3) is 0 Å². The Hall–Kier alpha value is -3.26. The maximum atomic E-state index is 13.1. The van der Waals surface area contributed by atoms with Crippen molar-refractivity contribution in [1.29, 1.82) is 0 Å². The van der Waals surface area contributed by atoms with Crippen LogP contribution in [0.15, 0.2) is 48.5 Å². The number of rotatable bonds is 6. The van der Waals surface area contributed by atoms with Crippen molar-refractivity contribution in [3.05, 3.63) is 65.5 Å². The third kappa shape index (κ3) is 5.13. The standard InChI is InChI=1S/C24H26FN3O4/c25-19-7-5-17(6-8-19)9-10-28-16-18(15-22(28)29)23(30)26-21-4-2-1-3-20(21)24(31)27-11-13-32-14-12-27/h1-8,18H,9-16H2,(H,26,30). The lowest BCUT2D eigenvalue weighted by Crippen LogP contribution is -2.41. The molecule has 32 heavy (non-hydrogen) atoms. The number of halogens is 1. The molecule has 1 atom stereocenters. The summed E-state index contributed by atoms with van der Waals surface area (Å²) < 4.78 is 18.4. The minimum absolute atomic E-state index is 0.0788. The molecule has 3 amide bonds. The molecule has 0 aliphatic carbocycles. The highest BCUT2D eigenvalue weighted by molar-refractivity contribution is 6.05. The number of nitrogens with one attached hydrogen (secondary N) is 1. The number of hydrogen-bond acceptors (Lipinski definition) is 4. The van der Waals surface area contributed by atoms with E-state index in [2.05, 4.69) is 5.32 Å². The largest absolute Gasteiger partial charge is 0.378 e. The summed E-state index contributed by atoms with van der Waals surface area (Å²) in [7, 11) is 0. The molecule has 2 aliphatic heterocycles. The second-order valence-electron chi connectivity index (χ2n) is 8.06. The molecule has 0 spiro atoms. The van der Waals surface area contributed by atoms with Gasteiger partial charge in [0.15, 0.2) is 0 Å². The summed E-state index contributed by atoms with van der Waals surface area (Å²) in [6.45, 7) is 2.82. The van der Waals surface area contributed by atoms with Crippen molar-refractivity contribution in [2.45, 2.75) is 12.8 Å². The first-order valence-electron chi connectivity index (χ1n) is 10.8. The van der Waals surface area contributed by atoms with Gasteiger partial charge in [-0.3, -0.25) is 14.4 Å². The Kier molecular flexibility index (Phi) is 6.80. The van der Waals surface area contributed by atoms with Crippen LogP contribution >= 0.6 is 0 Å². The Balaban J connectivity index is 1.36. The van der Waals surface area contributed by atoms with E-state index in [0.29, 0.717) is 57.1 Å². The summed E-state index contributed by atoms with van der Waals surface area (Å²) >= 11 is 0. The maximum absolute atomic E-state index is 13.1. The lowest BCUT2D eigenvalue weighted by Gasteiger charge is -2.27. The number of hydrogen-bond donors (Lipinski definition) is 1. The van der Waals surface area contributed by atoms with Crippen LogP contribution < -0.4 is 5.32 Å². The van der Waals surface area contributed by atoms with E-state index >= 15 is 0 Å². The van der Waals surface area contributed by atoms with Gasteiger partial charge in [0, 0.05) is 32.6 Å². The molecule has 2 heterocycles. The van der Waals surface area contributed by atoms with Crippen molar-refractivity contribution in [3.8, 4) is 0 Å². The molecule has 0 radical (unpaired) electrons. The van der Waals surface area contributed by atoms with Gasteiger partial charge < -0.3 is 19.9 Å². The van der Waals surface area contributed by atoms with Gasteiger partial charge in [-0.1, -0.05) is 24.3 Å². The van der Waals surface area contributed by atoms with Crippen molar-refractivity contribution in [3.63, 3.8) is 0 Å². The van der Waals surface area contributed by atoms with Crippen molar-refractivity contribution < 1.29 is 23.5 Å². The van der Waals surface area contributed by atoms with Gasteiger partial charge in [-0.2, -0.15) is 0 Å². The summed E-state index contributed by atoms with van der Waals surface area (Å²) in [5.41, 5.74) is 1.81. The minimum Gasteiger partial charge on any atom is -0.378 e. The Morgan fingerprint density at radius 3 is 2.53 bits per heavy atom. The first kappa shape index (κ1) is 22.0. The molecule has 0 bridgehead atoms. The van der Waals surface area contributed by atoms with Crippen molar-refractivity contribution in [2.24, 2.45) is 5.92 Å². The van der Waals surface area contributed by atoms with Gasteiger partial charge in [0.25, 0.3) is 5.91 Å². The lowest BCUT2D eigenvalue weighted by atomic mass is 10.1. The molecule has 1 unspecified atom stereocenters. The molecule has 2 aromatic rings. The Bertz CT molecular complexity index is 989. The normalized spacial score (nSPS) is 18.7. The van der Waals surface area contributed by atoms with Gasteiger partial charge in [-0.15, -0.1) is 0 Å². The second kappa shape index (κ2) is 9.91. The summed E-state index contributed by atoms with van der Waals surface area (Å²) in [5, 5.41) is 2.86. The van der Waals surface area contributed by atoms with E-state index in [0.717, 1.165) is 5.56 Å². The lowest BCUT2D eigenvalue weighted by molar-refractivity contribution is -0.128. The molecule has 2 aromatic carbocycles. The number of nitrogens with zero attached hydrogens (tertiary/aromatic N) is 2. The number of likely N-dealkylation sites (tertiary alicyclic amines) is 1. The molecular weight excluding hydrogens is 413 g/mol. The molecular formula is C24H26FN3O4. The van der Waals surface area contributed by atoms with Gasteiger partial charge in [0.1, 0.15) is 5.82 Å². The van der Waals surface area contributed by atoms with E-state index in [-0.39, 0.29) is 30.0 Å². The van der Waals surface area contributed by atoms with Gasteiger partial charge in [-0.25, -0.2) is 4.39 Å². The number of anilines is 1. The Labute approximate surface area is 186 Å². The van der Waals surface area contributed by atoms with Gasteiger partial charge in [0.05, 0.1) is 30.4 Å². The first-order chi connectivity index (χ1) is 15.5. The SMILES string of the molecule is O=C(Nc1ccccc1C(=O)N1CCOCC1)C1CC(=O)N(CCc2ccc(F)cc2)C1. The van der Waals surface area contributed by atoms with Gasteiger partial charge in [-0.05, 0) is 36.2 Å². The molecule has 0 saturated carbocycles. The van der Waals surface area contributed by atoms with E-state index in [4.69, 9.17) is 4.74 Å². The third-order valence-corrected chi connectivity index (χ3v) is 5.88. The van der Waals surface area contributed by atoms with Gasteiger partial charge >= 0.3 is 0 Å². The van der Waals surface area contributed by atoms with Crippen molar-refractivity contribution in [2.75, 3.05) is 44.7 Å². The van der Waals surface area contributed by atoms with Crippen LogP contribution in [0.4, 0.5) is 10.1 Å². The van der Waals surface area contributed by atoms with Crippen molar-refractivity contribution >= 4 is 23.4 Å².